The van der Waals surface area contributed by atoms with E-state index in [-0.39, 0.29) is 17.1 Å². The lowest BCUT2D eigenvalue weighted by Crippen LogP contribution is -2.30. The number of nitrogens with zero attached hydrogens (tertiary/aromatic N) is 1. The van der Waals surface area contributed by atoms with E-state index in [0.717, 1.165) is 0 Å². The van der Waals surface area contributed by atoms with Crippen LogP contribution in [0.5, 0.6) is 11.5 Å². The molecule has 126 valence electrons. The molecule has 0 aliphatic heterocycles. The summed E-state index contributed by atoms with van der Waals surface area (Å²) in [6.07, 6.45) is -0.903. The molecule has 0 radical (unpaired) electrons. The van der Waals surface area contributed by atoms with Crippen molar-refractivity contribution in [2.45, 2.75) is 13.0 Å². The van der Waals surface area contributed by atoms with Crippen LogP contribution in [0, 0.1) is 15.9 Å². The zero-order valence-electron chi connectivity index (χ0n) is 13.0. The van der Waals surface area contributed by atoms with Gasteiger partial charge in [-0.1, -0.05) is 0 Å². The maximum absolute atomic E-state index is 12.9. The third kappa shape index (κ3) is 4.19. The minimum Gasteiger partial charge on any atom is -0.495 e. The lowest BCUT2D eigenvalue weighted by atomic mass is 10.2. The van der Waals surface area contributed by atoms with Crippen LogP contribution in [0.3, 0.4) is 0 Å². The lowest BCUT2D eigenvalue weighted by molar-refractivity contribution is -0.384. The monoisotopic (exact) mass is 334 g/mol. The van der Waals surface area contributed by atoms with Crippen LogP contribution in [0.2, 0.25) is 0 Å². The van der Waals surface area contributed by atoms with E-state index in [9.17, 15) is 19.3 Å². The van der Waals surface area contributed by atoms with Gasteiger partial charge in [0.15, 0.2) is 6.10 Å². The molecule has 0 fully saturated rings. The van der Waals surface area contributed by atoms with Crippen LogP contribution < -0.4 is 14.8 Å². The number of nitro benzene ring substituents is 1. The minimum absolute atomic E-state index is 0.159. The number of nitro groups is 1. The minimum atomic E-state index is -0.903. The number of rotatable bonds is 6. The van der Waals surface area contributed by atoms with Crippen molar-refractivity contribution in [3.63, 3.8) is 0 Å². The molecule has 0 heterocycles. The molecule has 2 rings (SSSR count). The molecule has 8 heteroatoms. The van der Waals surface area contributed by atoms with E-state index >= 15 is 0 Å². The van der Waals surface area contributed by atoms with Crippen LogP contribution >= 0.6 is 0 Å². The van der Waals surface area contributed by atoms with Crippen molar-refractivity contribution < 1.29 is 23.6 Å². The standard InChI is InChI=1S/C16H15FN2O5/c1-10(24-13-6-3-11(17)4-7-13)16(20)18-14-9-12(19(21)22)5-8-15(14)23-2/h3-10H,1-2H3,(H,18,20)/t10-/m1/s1. The third-order valence-corrected chi connectivity index (χ3v) is 3.15. The Morgan fingerprint density at radius 1 is 1.25 bits per heavy atom. The number of carbonyl (C=O) groups is 1. The van der Waals surface area contributed by atoms with Gasteiger partial charge < -0.3 is 14.8 Å². The highest BCUT2D eigenvalue weighted by Crippen LogP contribution is 2.29. The Hall–Kier alpha value is -3.16. The van der Waals surface area contributed by atoms with E-state index in [1.807, 2.05) is 0 Å². The Labute approximate surface area is 137 Å². The lowest BCUT2D eigenvalue weighted by Gasteiger charge is -2.16. The largest absolute Gasteiger partial charge is 0.495 e. The molecule has 0 saturated heterocycles. The van der Waals surface area contributed by atoms with E-state index in [4.69, 9.17) is 9.47 Å². The van der Waals surface area contributed by atoms with Crippen LogP contribution in [0.25, 0.3) is 0 Å². The molecule has 1 atom stereocenters. The predicted octanol–water partition coefficient (Wildman–Crippen LogP) is 3.15. The summed E-state index contributed by atoms with van der Waals surface area (Å²) >= 11 is 0. The van der Waals surface area contributed by atoms with E-state index in [0.29, 0.717) is 5.75 Å². The summed E-state index contributed by atoms with van der Waals surface area (Å²) in [7, 11) is 1.38. The summed E-state index contributed by atoms with van der Waals surface area (Å²) in [5, 5.41) is 13.4. The average molecular weight is 334 g/mol. The number of nitrogens with one attached hydrogen (secondary N) is 1. The van der Waals surface area contributed by atoms with Crippen molar-refractivity contribution in [2.75, 3.05) is 12.4 Å². The second-order valence-electron chi connectivity index (χ2n) is 4.84. The van der Waals surface area contributed by atoms with Crippen LogP contribution in [0.4, 0.5) is 15.8 Å². The van der Waals surface area contributed by atoms with Gasteiger partial charge in [0.1, 0.15) is 17.3 Å². The third-order valence-electron chi connectivity index (χ3n) is 3.15. The van der Waals surface area contributed by atoms with Crippen molar-refractivity contribution in [2.24, 2.45) is 0 Å². The number of hydrogen-bond acceptors (Lipinski definition) is 5. The van der Waals surface area contributed by atoms with Crippen LogP contribution in [0.15, 0.2) is 42.5 Å². The number of benzene rings is 2. The molecule has 0 spiro atoms. The molecule has 2 aromatic carbocycles. The number of anilines is 1. The Morgan fingerprint density at radius 3 is 2.50 bits per heavy atom. The van der Waals surface area contributed by atoms with Gasteiger partial charge in [0.2, 0.25) is 0 Å². The second-order valence-corrected chi connectivity index (χ2v) is 4.84. The van der Waals surface area contributed by atoms with Gasteiger partial charge >= 0.3 is 0 Å². The zero-order valence-corrected chi connectivity index (χ0v) is 13.0. The van der Waals surface area contributed by atoms with Crippen LogP contribution in [0.1, 0.15) is 6.92 Å². The van der Waals surface area contributed by atoms with E-state index in [1.165, 1.54) is 56.5 Å². The Morgan fingerprint density at radius 2 is 1.92 bits per heavy atom. The molecule has 7 nitrogen and oxygen atoms in total. The first-order chi connectivity index (χ1) is 11.4. The Balaban J connectivity index is 2.11. The SMILES string of the molecule is COc1ccc([N+](=O)[O-])cc1NC(=O)[C@@H](C)Oc1ccc(F)cc1. The normalized spacial score (nSPS) is 11.5. The molecule has 0 bridgehead atoms. The number of amides is 1. The highest BCUT2D eigenvalue weighted by Gasteiger charge is 2.19. The number of methoxy groups -OCH3 is 1. The molecule has 1 N–H and O–H groups in total. The van der Waals surface area contributed by atoms with Crippen molar-refractivity contribution in [1.82, 2.24) is 0 Å². The molecular formula is C16H15FN2O5. The highest BCUT2D eigenvalue weighted by molar-refractivity contribution is 5.95. The van der Waals surface area contributed by atoms with E-state index in [1.54, 1.807) is 0 Å². The fourth-order valence-electron chi connectivity index (χ4n) is 1.91. The summed E-state index contributed by atoms with van der Waals surface area (Å²) < 4.78 is 23.3. The fraction of sp³-hybridized carbons (Fsp3) is 0.188. The van der Waals surface area contributed by atoms with Gasteiger partial charge in [-0.15, -0.1) is 0 Å². The zero-order chi connectivity index (χ0) is 17.7. The Bertz CT molecular complexity index is 749. The number of ether oxygens (including phenoxy) is 2. The van der Waals surface area contributed by atoms with Gasteiger partial charge in [0, 0.05) is 12.1 Å². The molecular weight excluding hydrogens is 319 g/mol. The van der Waals surface area contributed by atoms with Gasteiger partial charge in [-0.3, -0.25) is 14.9 Å². The smallest absolute Gasteiger partial charge is 0.271 e. The molecule has 0 aliphatic carbocycles. The summed E-state index contributed by atoms with van der Waals surface area (Å²) in [6.45, 7) is 1.50. The molecule has 1 amide bonds. The first kappa shape index (κ1) is 17.2. The van der Waals surface area contributed by atoms with Gasteiger partial charge in [-0.2, -0.15) is 0 Å². The summed E-state index contributed by atoms with van der Waals surface area (Å²) in [6, 6.07) is 9.07. The number of carbonyl (C=O) groups excluding carboxylic acids is 1. The fourth-order valence-corrected chi connectivity index (χ4v) is 1.91. The predicted molar refractivity (Wildman–Crippen MR) is 84.8 cm³/mol. The molecule has 0 aliphatic rings. The molecule has 24 heavy (non-hydrogen) atoms. The topological polar surface area (TPSA) is 90.7 Å². The maximum Gasteiger partial charge on any atom is 0.271 e. The summed E-state index contributed by atoms with van der Waals surface area (Å²) in [5.74, 6) is -0.341. The average Bonchev–Trinajstić information content (AvgIpc) is 2.56. The number of hydrogen-bond donors (Lipinski definition) is 1. The van der Waals surface area contributed by atoms with Crippen LogP contribution in [-0.4, -0.2) is 24.0 Å². The van der Waals surface area contributed by atoms with Crippen molar-refractivity contribution in [1.29, 1.82) is 0 Å². The first-order valence-corrected chi connectivity index (χ1v) is 6.96. The van der Waals surface area contributed by atoms with Gasteiger partial charge in [0.05, 0.1) is 17.7 Å². The quantitative estimate of drug-likeness (QED) is 0.647. The van der Waals surface area contributed by atoms with Gasteiger partial charge in [0.25, 0.3) is 11.6 Å². The summed E-state index contributed by atoms with van der Waals surface area (Å²) in [4.78, 5) is 22.5. The Kier molecular flexibility index (Phi) is 5.31. The van der Waals surface area contributed by atoms with E-state index < -0.39 is 22.8 Å². The second kappa shape index (κ2) is 7.40. The van der Waals surface area contributed by atoms with Crippen molar-refractivity contribution in [3.05, 3.63) is 58.4 Å². The molecule has 0 saturated carbocycles. The van der Waals surface area contributed by atoms with Crippen LogP contribution in [-0.2, 0) is 4.79 Å². The summed E-state index contributed by atoms with van der Waals surface area (Å²) in [5.41, 5.74) is -0.0236. The van der Waals surface area contributed by atoms with Gasteiger partial charge in [-0.25, -0.2) is 4.39 Å². The highest BCUT2D eigenvalue weighted by atomic mass is 19.1. The molecule has 2 aromatic rings. The van der Waals surface area contributed by atoms with Crippen molar-refractivity contribution >= 4 is 17.3 Å². The molecule has 0 aromatic heterocycles. The molecule has 0 unspecified atom stereocenters. The number of non-ortho nitro benzene ring substituents is 1. The van der Waals surface area contributed by atoms with Gasteiger partial charge in [-0.05, 0) is 37.3 Å². The first-order valence-electron chi connectivity index (χ1n) is 6.96. The number of halogens is 1. The maximum atomic E-state index is 12.9. The van der Waals surface area contributed by atoms with Crippen molar-refractivity contribution in [3.8, 4) is 11.5 Å². The van der Waals surface area contributed by atoms with E-state index in [2.05, 4.69) is 5.32 Å².